The smallest absolute Gasteiger partial charge is 0.336 e. The molecule has 0 amide bonds. The second-order valence-corrected chi connectivity index (χ2v) is 5.72. The lowest BCUT2D eigenvalue weighted by Crippen LogP contribution is -2.06. The van der Waals surface area contributed by atoms with Crippen LogP contribution in [0.2, 0.25) is 5.02 Å². The predicted molar refractivity (Wildman–Crippen MR) is 103 cm³/mol. The third kappa shape index (κ3) is 5.14. The molecule has 0 radical (unpaired) electrons. The van der Waals surface area contributed by atoms with Crippen molar-refractivity contribution in [2.24, 2.45) is 0 Å². The number of ether oxygens (including phenoxy) is 4. The highest BCUT2D eigenvalue weighted by Gasteiger charge is 2.18. The van der Waals surface area contributed by atoms with Crippen LogP contribution in [0.1, 0.15) is 12.5 Å². The van der Waals surface area contributed by atoms with Gasteiger partial charge in [0.25, 0.3) is 0 Å². The van der Waals surface area contributed by atoms with Crippen molar-refractivity contribution in [3.8, 4) is 23.0 Å². The number of benzene rings is 2. The SMILES string of the molecule is CCOc1cc(/C=C/C(=O)Oc2ccc(OC)cc2[N+](=O)[O-])cc(Cl)c1OC. The molecule has 0 aliphatic carbocycles. The highest BCUT2D eigenvalue weighted by molar-refractivity contribution is 6.32. The Balaban J connectivity index is 2.22. The van der Waals surface area contributed by atoms with Crippen molar-refractivity contribution < 1.29 is 28.7 Å². The monoisotopic (exact) mass is 407 g/mol. The first-order chi connectivity index (χ1) is 13.4. The van der Waals surface area contributed by atoms with Crippen LogP contribution in [0.3, 0.4) is 0 Å². The zero-order valence-electron chi connectivity index (χ0n) is 15.4. The van der Waals surface area contributed by atoms with E-state index in [1.165, 1.54) is 38.5 Å². The van der Waals surface area contributed by atoms with Crippen molar-refractivity contribution in [2.75, 3.05) is 20.8 Å². The van der Waals surface area contributed by atoms with Crippen molar-refractivity contribution in [1.82, 2.24) is 0 Å². The molecule has 0 bridgehead atoms. The van der Waals surface area contributed by atoms with Gasteiger partial charge in [-0.05, 0) is 42.8 Å². The number of rotatable bonds is 8. The summed E-state index contributed by atoms with van der Waals surface area (Å²) in [6.07, 6.45) is 2.58. The van der Waals surface area contributed by atoms with Crippen LogP contribution in [0.5, 0.6) is 23.0 Å². The third-order valence-electron chi connectivity index (χ3n) is 3.52. The van der Waals surface area contributed by atoms with Crippen LogP contribution in [0, 0.1) is 10.1 Å². The Kier molecular flexibility index (Phi) is 7.22. The van der Waals surface area contributed by atoms with E-state index in [-0.39, 0.29) is 17.2 Å². The lowest BCUT2D eigenvalue weighted by Gasteiger charge is -2.11. The predicted octanol–water partition coefficient (Wildman–Crippen LogP) is 4.28. The number of nitrogens with zero attached hydrogens (tertiary/aromatic N) is 1. The second-order valence-electron chi connectivity index (χ2n) is 5.31. The molecule has 0 fully saturated rings. The highest BCUT2D eigenvalue weighted by Crippen LogP contribution is 2.36. The first-order valence-electron chi connectivity index (χ1n) is 8.12. The van der Waals surface area contributed by atoms with Gasteiger partial charge in [-0.1, -0.05) is 11.6 Å². The van der Waals surface area contributed by atoms with Gasteiger partial charge in [-0.3, -0.25) is 10.1 Å². The fourth-order valence-electron chi connectivity index (χ4n) is 2.30. The van der Waals surface area contributed by atoms with E-state index in [0.29, 0.717) is 28.7 Å². The summed E-state index contributed by atoms with van der Waals surface area (Å²) in [7, 11) is 2.85. The van der Waals surface area contributed by atoms with Gasteiger partial charge in [0, 0.05) is 6.08 Å². The standard InChI is InChI=1S/C19H18ClNO7/c1-4-27-17-10-12(9-14(20)19(17)26-3)5-8-18(22)28-16-7-6-13(25-2)11-15(16)21(23)24/h5-11H,4H2,1-3H3/b8-5+. The number of carbonyl (C=O) groups excluding carboxylic acids is 1. The summed E-state index contributed by atoms with van der Waals surface area (Å²) in [4.78, 5) is 22.6. The van der Waals surface area contributed by atoms with Crippen LogP contribution in [0.4, 0.5) is 5.69 Å². The number of carbonyl (C=O) groups is 1. The molecule has 0 spiro atoms. The lowest BCUT2D eigenvalue weighted by molar-refractivity contribution is -0.385. The van der Waals surface area contributed by atoms with Gasteiger partial charge in [0.2, 0.25) is 5.75 Å². The lowest BCUT2D eigenvalue weighted by atomic mass is 10.2. The molecule has 0 unspecified atom stereocenters. The number of hydrogen-bond acceptors (Lipinski definition) is 7. The summed E-state index contributed by atoms with van der Waals surface area (Å²) in [5.41, 5.74) is 0.183. The molecule has 0 N–H and O–H groups in total. The Bertz CT molecular complexity index is 911. The quantitative estimate of drug-likeness (QED) is 0.212. The summed E-state index contributed by atoms with van der Waals surface area (Å²) in [5, 5.41) is 11.5. The Hall–Kier alpha value is -3.26. The molecule has 0 aromatic heterocycles. The van der Waals surface area contributed by atoms with E-state index in [0.717, 1.165) is 6.08 Å². The minimum atomic E-state index is -0.793. The molecule has 0 atom stereocenters. The molecule has 9 heteroatoms. The minimum Gasteiger partial charge on any atom is -0.496 e. The number of esters is 1. The average molecular weight is 408 g/mol. The van der Waals surface area contributed by atoms with E-state index in [1.807, 2.05) is 6.92 Å². The van der Waals surface area contributed by atoms with Crippen LogP contribution < -0.4 is 18.9 Å². The summed E-state index contributed by atoms with van der Waals surface area (Å²) >= 11 is 6.16. The van der Waals surface area contributed by atoms with Crippen molar-refractivity contribution in [3.63, 3.8) is 0 Å². The molecule has 148 valence electrons. The maximum atomic E-state index is 12.1. The Labute approximate surface area is 166 Å². The summed E-state index contributed by atoms with van der Waals surface area (Å²) in [6.45, 7) is 2.22. The van der Waals surface area contributed by atoms with E-state index in [1.54, 1.807) is 12.1 Å². The summed E-state index contributed by atoms with van der Waals surface area (Å²) < 4.78 is 20.7. The zero-order valence-corrected chi connectivity index (χ0v) is 16.2. The molecule has 0 aliphatic rings. The molecule has 28 heavy (non-hydrogen) atoms. The van der Waals surface area contributed by atoms with Gasteiger partial charge in [0.1, 0.15) is 5.75 Å². The number of halogens is 1. The molecular weight excluding hydrogens is 390 g/mol. The molecule has 8 nitrogen and oxygen atoms in total. The van der Waals surface area contributed by atoms with Gasteiger partial charge in [-0.15, -0.1) is 0 Å². The zero-order chi connectivity index (χ0) is 20.7. The molecule has 0 saturated carbocycles. The van der Waals surface area contributed by atoms with Crippen molar-refractivity contribution in [1.29, 1.82) is 0 Å². The van der Waals surface area contributed by atoms with Crippen LogP contribution in [0.15, 0.2) is 36.4 Å². The van der Waals surface area contributed by atoms with Gasteiger partial charge < -0.3 is 18.9 Å². The summed E-state index contributed by atoms with van der Waals surface area (Å²) in [5.74, 6) is 0.105. The largest absolute Gasteiger partial charge is 0.496 e. The van der Waals surface area contributed by atoms with E-state index in [4.69, 9.17) is 30.5 Å². The molecule has 2 aromatic rings. The highest BCUT2D eigenvalue weighted by atomic mass is 35.5. The molecule has 0 saturated heterocycles. The van der Waals surface area contributed by atoms with Crippen molar-refractivity contribution >= 4 is 29.3 Å². The molecule has 0 heterocycles. The van der Waals surface area contributed by atoms with Crippen molar-refractivity contribution in [3.05, 3.63) is 57.1 Å². The number of nitro benzene ring substituents is 1. The summed E-state index contributed by atoms with van der Waals surface area (Å²) in [6, 6.07) is 7.15. The average Bonchev–Trinajstić information content (AvgIpc) is 2.66. The number of hydrogen-bond donors (Lipinski definition) is 0. The maximum absolute atomic E-state index is 12.1. The van der Waals surface area contributed by atoms with Gasteiger partial charge in [0.15, 0.2) is 11.5 Å². The number of methoxy groups -OCH3 is 2. The Morgan fingerprint density at radius 1 is 1.18 bits per heavy atom. The second kappa shape index (κ2) is 9.61. The fourth-order valence-corrected chi connectivity index (χ4v) is 2.60. The molecule has 2 rings (SSSR count). The van der Waals surface area contributed by atoms with Crippen LogP contribution in [0.25, 0.3) is 6.08 Å². The van der Waals surface area contributed by atoms with E-state index >= 15 is 0 Å². The molecule has 0 aliphatic heterocycles. The molecule has 2 aromatic carbocycles. The van der Waals surface area contributed by atoms with Gasteiger partial charge in [-0.2, -0.15) is 0 Å². The topological polar surface area (TPSA) is 97.1 Å². The van der Waals surface area contributed by atoms with Crippen molar-refractivity contribution in [2.45, 2.75) is 6.92 Å². The van der Waals surface area contributed by atoms with Gasteiger partial charge in [0.05, 0.1) is 36.8 Å². The third-order valence-corrected chi connectivity index (χ3v) is 3.80. The Morgan fingerprint density at radius 2 is 1.93 bits per heavy atom. The Morgan fingerprint density at radius 3 is 2.54 bits per heavy atom. The van der Waals surface area contributed by atoms with Crippen LogP contribution in [-0.2, 0) is 4.79 Å². The minimum absolute atomic E-state index is 0.191. The van der Waals surface area contributed by atoms with Crippen LogP contribution in [-0.4, -0.2) is 31.7 Å². The maximum Gasteiger partial charge on any atom is 0.336 e. The van der Waals surface area contributed by atoms with Gasteiger partial charge >= 0.3 is 11.7 Å². The fraction of sp³-hybridized carbons (Fsp3) is 0.211. The normalized spacial score (nSPS) is 10.6. The van der Waals surface area contributed by atoms with E-state index in [9.17, 15) is 14.9 Å². The molecular formula is C19H18ClNO7. The first-order valence-corrected chi connectivity index (χ1v) is 8.50. The van der Waals surface area contributed by atoms with Gasteiger partial charge in [-0.25, -0.2) is 4.79 Å². The van der Waals surface area contributed by atoms with E-state index in [2.05, 4.69) is 0 Å². The van der Waals surface area contributed by atoms with Crippen LogP contribution >= 0.6 is 11.6 Å². The first kappa shape index (κ1) is 21.0. The number of nitro groups is 1. The van der Waals surface area contributed by atoms with E-state index < -0.39 is 10.9 Å².